The lowest BCUT2D eigenvalue weighted by Crippen LogP contribution is -2.34. The minimum Gasteiger partial charge on any atom is -0.374 e. The van der Waals surface area contributed by atoms with Crippen LogP contribution >= 0.6 is 0 Å². The second-order valence-corrected chi connectivity index (χ2v) is 2.81. The van der Waals surface area contributed by atoms with E-state index < -0.39 is 0 Å². The smallest absolute Gasteiger partial charge is 0.250 e. The van der Waals surface area contributed by atoms with E-state index >= 15 is 0 Å². The second kappa shape index (κ2) is 3.67. The first-order valence-electron chi connectivity index (χ1n) is 4.10. The number of hydrogen-bond donors (Lipinski definition) is 1. The molecule has 0 saturated heterocycles. The average Bonchev–Trinajstić information content (AvgIpc) is 2.45. The van der Waals surface area contributed by atoms with Crippen molar-refractivity contribution in [2.75, 3.05) is 7.11 Å². The summed E-state index contributed by atoms with van der Waals surface area (Å²) in [5.41, 5.74) is 0. The number of carbonyl (C=O) groups excluding carboxylic acids is 1. The monoisotopic (exact) mass is 170 g/mol. The zero-order valence-corrected chi connectivity index (χ0v) is 7.63. The van der Waals surface area contributed by atoms with Crippen LogP contribution in [0.3, 0.4) is 0 Å². The Labute approximate surface area is 72.0 Å². The molecular weight excluding hydrogens is 156 g/mol. The average molecular weight is 170 g/mol. The highest BCUT2D eigenvalue weighted by Crippen LogP contribution is 2.07. The van der Waals surface area contributed by atoms with Gasteiger partial charge in [0.2, 0.25) is 5.91 Å². The number of ether oxygens (including phenoxy) is 1. The quantitative estimate of drug-likeness (QED) is 0.663. The van der Waals surface area contributed by atoms with E-state index in [-0.39, 0.29) is 18.1 Å². The third-order valence-corrected chi connectivity index (χ3v) is 1.97. The molecule has 12 heavy (non-hydrogen) atoms. The summed E-state index contributed by atoms with van der Waals surface area (Å²) in [5, 5.41) is 2.69. The van der Waals surface area contributed by atoms with E-state index in [2.05, 4.69) is 10.3 Å². The van der Waals surface area contributed by atoms with Crippen LogP contribution in [0.1, 0.15) is 20.3 Å². The largest absolute Gasteiger partial charge is 0.374 e. The van der Waals surface area contributed by atoms with Gasteiger partial charge in [0.05, 0.1) is 0 Å². The Kier molecular flexibility index (Phi) is 2.81. The van der Waals surface area contributed by atoms with Crippen LogP contribution in [-0.4, -0.2) is 31.0 Å². The summed E-state index contributed by atoms with van der Waals surface area (Å²) in [6, 6.07) is -0.211. The third-order valence-electron chi connectivity index (χ3n) is 1.97. The van der Waals surface area contributed by atoms with E-state index in [1.165, 1.54) is 0 Å². The Bertz CT molecular complexity index is 213. The van der Waals surface area contributed by atoms with Crippen LogP contribution in [0.2, 0.25) is 0 Å². The standard InChI is InChI=1S/C8H14N2O2/c1-4-6-8(11)10-7(9-6)5(2)12-3/h5-6H,4H2,1-3H3,(H,9,10,11). The number of nitrogens with zero attached hydrogens (tertiary/aromatic N) is 1. The second-order valence-electron chi connectivity index (χ2n) is 2.81. The molecule has 0 spiro atoms. The SMILES string of the molecule is CCC1N=C(C(C)OC)NC1=O. The summed E-state index contributed by atoms with van der Waals surface area (Å²) in [5.74, 6) is 0.630. The Morgan fingerprint density at radius 2 is 2.42 bits per heavy atom. The van der Waals surface area contributed by atoms with Gasteiger partial charge < -0.3 is 10.1 Å². The lowest BCUT2D eigenvalue weighted by molar-refractivity contribution is -0.120. The molecule has 2 atom stereocenters. The first-order chi connectivity index (χ1) is 5.69. The lowest BCUT2D eigenvalue weighted by atomic mass is 10.2. The van der Waals surface area contributed by atoms with Crippen molar-refractivity contribution in [1.29, 1.82) is 0 Å². The van der Waals surface area contributed by atoms with Crippen LogP contribution in [-0.2, 0) is 9.53 Å². The summed E-state index contributed by atoms with van der Waals surface area (Å²) in [4.78, 5) is 15.3. The number of methoxy groups -OCH3 is 1. The van der Waals surface area contributed by atoms with Gasteiger partial charge in [0.1, 0.15) is 18.0 Å². The molecule has 4 heteroatoms. The number of aliphatic imine (C=N–C) groups is 1. The number of amidine groups is 1. The lowest BCUT2D eigenvalue weighted by Gasteiger charge is -2.07. The molecule has 1 aliphatic rings. The Hall–Kier alpha value is -0.900. The van der Waals surface area contributed by atoms with Crippen LogP contribution in [0.25, 0.3) is 0 Å². The molecule has 0 radical (unpaired) electrons. The molecule has 0 saturated carbocycles. The van der Waals surface area contributed by atoms with Gasteiger partial charge in [-0.3, -0.25) is 9.79 Å². The van der Waals surface area contributed by atoms with Gasteiger partial charge in [-0.1, -0.05) is 6.92 Å². The Morgan fingerprint density at radius 3 is 2.83 bits per heavy atom. The van der Waals surface area contributed by atoms with Crippen molar-refractivity contribution in [3.8, 4) is 0 Å². The van der Waals surface area contributed by atoms with Gasteiger partial charge >= 0.3 is 0 Å². The zero-order chi connectivity index (χ0) is 9.14. The summed E-state index contributed by atoms with van der Waals surface area (Å²) < 4.78 is 5.03. The molecule has 1 rings (SSSR count). The molecule has 1 aliphatic heterocycles. The fourth-order valence-corrected chi connectivity index (χ4v) is 1.06. The summed E-state index contributed by atoms with van der Waals surface area (Å²) >= 11 is 0. The van der Waals surface area contributed by atoms with Crippen molar-refractivity contribution >= 4 is 11.7 Å². The van der Waals surface area contributed by atoms with Crippen LogP contribution in [0.5, 0.6) is 0 Å². The number of carbonyl (C=O) groups is 1. The van der Waals surface area contributed by atoms with E-state index in [9.17, 15) is 4.79 Å². The van der Waals surface area contributed by atoms with Crippen molar-refractivity contribution in [2.24, 2.45) is 4.99 Å². The molecule has 68 valence electrons. The first kappa shape index (κ1) is 9.19. The van der Waals surface area contributed by atoms with Crippen LogP contribution < -0.4 is 5.32 Å². The van der Waals surface area contributed by atoms with Crippen molar-refractivity contribution in [3.05, 3.63) is 0 Å². The van der Waals surface area contributed by atoms with Gasteiger partial charge in [-0.15, -0.1) is 0 Å². The van der Waals surface area contributed by atoms with Crippen LogP contribution in [0, 0.1) is 0 Å². The fraction of sp³-hybridized carbons (Fsp3) is 0.750. The molecule has 0 aromatic carbocycles. The normalized spacial score (nSPS) is 25.1. The predicted molar refractivity (Wildman–Crippen MR) is 46.1 cm³/mol. The highest BCUT2D eigenvalue weighted by molar-refractivity contribution is 6.07. The Morgan fingerprint density at radius 1 is 1.75 bits per heavy atom. The fourth-order valence-electron chi connectivity index (χ4n) is 1.06. The number of hydrogen-bond acceptors (Lipinski definition) is 3. The molecule has 0 fully saturated rings. The van der Waals surface area contributed by atoms with E-state index in [0.29, 0.717) is 5.84 Å². The summed E-state index contributed by atoms with van der Waals surface area (Å²) in [7, 11) is 1.60. The van der Waals surface area contributed by atoms with Gasteiger partial charge in [0.25, 0.3) is 0 Å². The van der Waals surface area contributed by atoms with Crippen LogP contribution in [0.4, 0.5) is 0 Å². The van der Waals surface area contributed by atoms with Crippen molar-refractivity contribution < 1.29 is 9.53 Å². The van der Waals surface area contributed by atoms with Gasteiger partial charge in [-0.25, -0.2) is 0 Å². The molecule has 1 N–H and O–H groups in total. The Balaban J connectivity index is 2.64. The number of amides is 1. The summed E-state index contributed by atoms with van der Waals surface area (Å²) in [6.45, 7) is 3.80. The van der Waals surface area contributed by atoms with E-state index in [1.807, 2.05) is 13.8 Å². The maximum atomic E-state index is 11.2. The molecule has 0 aliphatic carbocycles. The third kappa shape index (κ3) is 1.64. The highest BCUT2D eigenvalue weighted by Gasteiger charge is 2.26. The van der Waals surface area contributed by atoms with Gasteiger partial charge in [-0.2, -0.15) is 0 Å². The molecule has 0 aromatic rings. The molecule has 1 amide bonds. The molecular formula is C8H14N2O2. The minimum absolute atomic E-state index is 0.0172. The molecule has 2 unspecified atom stereocenters. The van der Waals surface area contributed by atoms with Crippen LogP contribution in [0.15, 0.2) is 4.99 Å². The highest BCUT2D eigenvalue weighted by atomic mass is 16.5. The molecule has 0 bridgehead atoms. The van der Waals surface area contributed by atoms with Gasteiger partial charge in [-0.05, 0) is 13.3 Å². The molecule has 4 nitrogen and oxygen atoms in total. The maximum absolute atomic E-state index is 11.2. The predicted octanol–water partition coefficient (Wildman–Crippen LogP) is 0.328. The van der Waals surface area contributed by atoms with Crippen molar-refractivity contribution in [1.82, 2.24) is 5.32 Å². The first-order valence-corrected chi connectivity index (χ1v) is 4.10. The van der Waals surface area contributed by atoms with Crippen molar-refractivity contribution in [2.45, 2.75) is 32.4 Å². The van der Waals surface area contributed by atoms with E-state index in [4.69, 9.17) is 4.74 Å². The minimum atomic E-state index is -0.211. The number of rotatable bonds is 3. The zero-order valence-electron chi connectivity index (χ0n) is 7.63. The number of nitrogens with one attached hydrogen (secondary N) is 1. The molecule has 0 aromatic heterocycles. The maximum Gasteiger partial charge on any atom is 0.250 e. The van der Waals surface area contributed by atoms with Gasteiger partial charge in [0, 0.05) is 7.11 Å². The van der Waals surface area contributed by atoms with Gasteiger partial charge in [0.15, 0.2) is 0 Å². The summed E-state index contributed by atoms with van der Waals surface area (Å²) in [6.07, 6.45) is 0.622. The van der Waals surface area contributed by atoms with Crippen molar-refractivity contribution in [3.63, 3.8) is 0 Å². The molecule has 1 heterocycles. The topological polar surface area (TPSA) is 50.7 Å². The van der Waals surface area contributed by atoms with E-state index in [1.54, 1.807) is 7.11 Å². The van der Waals surface area contributed by atoms with E-state index in [0.717, 1.165) is 6.42 Å².